The van der Waals surface area contributed by atoms with Gasteiger partial charge < -0.3 is 15.2 Å². The first-order valence-electron chi connectivity index (χ1n) is 8.22. The van der Waals surface area contributed by atoms with Gasteiger partial charge in [-0.3, -0.25) is 4.79 Å². The van der Waals surface area contributed by atoms with E-state index in [1.54, 1.807) is 12.1 Å². The van der Waals surface area contributed by atoms with Crippen molar-refractivity contribution >= 4 is 22.6 Å². The Labute approximate surface area is 151 Å². The number of methoxy groups -OCH3 is 1. The zero-order chi connectivity index (χ0) is 18.5. The van der Waals surface area contributed by atoms with Crippen LogP contribution >= 0.6 is 0 Å². The summed E-state index contributed by atoms with van der Waals surface area (Å²) in [5.74, 6) is -0.981. The molecule has 132 valence electrons. The standard InChI is InChI=1S/C21H19NO4/c1-26-21(25)19(22-20(24)17-7-4-8-18(23)13-17)12-14-9-10-15-5-2-3-6-16(15)11-14/h2-11,13,19,23H,12H2,1H3,(H,22,24)/t19-/m1/s1. The molecule has 0 aliphatic heterocycles. The van der Waals surface area contributed by atoms with E-state index < -0.39 is 17.9 Å². The number of hydrogen-bond donors (Lipinski definition) is 2. The first-order chi connectivity index (χ1) is 12.6. The van der Waals surface area contributed by atoms with Crippen LogP contribution < -0.4 is 5.32 Å². The predicted molar refractivity (Wildman–Crippen MR) is 99.0 cm³/mol. The fourth-order valence-corrected chi connectivity index (χ4v) is 2.83. The summed E-state index contributed by atoms with van der Waals surface area (Å²) in [5.41, 5.74) is 1.19. The Balaban J connectivity index is 1.81. The molecule has 1 amide bonds. The number of fused-ring (bicyclic) bond motifs is 1. The summed E-state index contributed by atoms with van der Waals surface area (Å²) in [6.45, 7) is 0. The second-order valence-electron chi connectivity index (χ2n) is 5.99. The number of nitrogens with one attached hydrogen (secondary N) is 1. The summed E-state index contributed by atoms with van der Waals surface area (Å²) in [4.78, 5) is 24.5. The Morgan fingerprint density at radius 2 is 1.77 bits per heavy atom. The summed E-state index contributed by atoms with van der Waals surface area (Å²) in [6.07, 6.45) is 0.308. The van der Waals surface area contributed by atoms with Crippen LogP contribution in [0.4, 0.5) is 0 Å². The number of esters is 1. The maximum Gasteiger partial charge on any atom is 0.328 e. The van der Waals surface area contributed by atoms with Gasteiger partial charge in [-0.05, 0) is 34.5 Å². The summed E-state index contributed by atoms with van der Waals surface area (Å²) in [5, 5.41) is 14.4. The van der Waals surface area contributed by atoms with Crippen molar-refractivity contribution in [3.8, 4) is 5.75 Å². The van der Waals surface area contributed by atoms with Crippen molar-refractivity contribution in [3.63, 3.8) is 0 Å². The average molecular weight is 349 g/mol. The molecule has 0 fully saturated rings. The lowest BCUT2D eigenvalue weighted by molar-refractivity contribution is -0.142. The van der Waals surface area contributed by atoms with Crippen molar-refractivity contribution < 1.29 is 19.4 Å². The molecule has 26 heavy (non-hydrogen) atoms. The maximum atomic E-state index is 12.4. The van der Waals surface area contributed by atoms with E-state index in [9.17, 15) is 14.7 Å². The van der Waals surface area contributed by atoms with Crippen molar-refractivity contribution in [3.05, 3.63) is 77.9 Å². The number of rotatable bonds is 5. The van der Waals surface area contributed by atoms with E-state index in [-0.39, 0.29) is 11.3 Å². The highest BCUT2D eigenvalue weighted by atomic mass is 16.5. The molecule has 0 aliphatic rings. The fourth-order valence-electron chi connectivity index (χ4n) is 2.83. The van der Waals surface area contributed by atoms with Crippen LogP contribution in [0.5, 0.6) is 5.75 Å². The van der Waals surface area contributed by atoms with E-state index in [2.05, 4.69) is 5.32 Å². The molecule has 5 nitrogen and oxygen atoms in total. The largest absolute Gasteiger partial charge is 0.508 e. The first kappa shape index (κ1) is 17.5. The summed E-state index contributed by atoms with van der Waals surface area (Å²) < 4.78 is 4.83. The number of aromatic hydroxyl groups is 1. The minimum atomic E-state index is -0.823. The summed E-state index contributed by atoms with van der Waals surface area (Å²) in [6, 6.07) is 19.0. The molecule has 0 aliphatic carbocycles. The molecule has 1 atom stereocenters. The Morgan fingerprint density at radius 3 is 2.50 bits per heavy atom. The van der Waals surface area contributed by atoms with Crippen LogP contribution in [0.25, 0.3) is 10.8 Å². The zero-order valence-corrected chi connectivity index (χ0v) is 14.3. The minimum Gasteiger partial charge on any atom is -0.508 e. The molecular weight excluding hydrogens is 330 g/mol. The Morgan fingerprint density at radius 1 is 1.00 bits per heavy atom. The van der Waals surface area contributed by atoms with Crippen molar-refractivity contribution in [1.29, 1.82) is 0 Å². The number of carbonyl (C=O) groups is 2. The van der Waals surface area contributed by atoms with Gasteiger partial charge in [0.15, 0.2) is 0 Å². The van der Waals surface area contributed by atoms with E-state index in [4.69, 9.17) is 4.74 Å². The smallest absolute Gasteiger partial charge is 0.328 e. The van der Waals surface area contributed by atoms with Crippen LogP contribution in [-0.2, 0) is 16.0 Å². The second-order valence-corrected chi connectivity index (χ2v) is 5.99. The normalized spacial score (nSPS) is 11.7. The van der Waals surface area contributed by atoms with E-state index in [0.29, 0.717) is 6.42 Å². The number of amides is 1. The molecule has 2 N–H and O–H groups in total. The third-order valence-corrected chi connectivity index (χ3v) is 4.15. The third kappa shape index (κ3) is 4.00. The lowest BCUT2D eigenvalue weighted by Gasteiger charge is -2.17. The molecule has 0 aromatic heterocycles. The minimum absolute atomic E-state index is 0.0122. The highest BCUT2D eigenvalue weighted by Crippen LogP contribution is 2.17. The van der Waals surface area contributed by atoms with Crippen LogP contribution in [0.1, 0.15) is 15.9 Å². The molecule has 0 radical (unpaired) electrons. The molecule has 0 saturated carbocycles. The lowest BCUT2D eigenvalue weighted by Crippen LogP contribution is -2.43. The number of ether oxygens (including phenoxy) is 1. The van der Waals surface area contributed by atoms with Gasteiger partial charge in [0.2, 0.25) is 0 Å². The van der Waals surface area contributed by atoms with Crippen LogP contribution in [0.3, 0.4) is 0 Å². The molecule has 0 heterocycles. The Kier molecular flexibility index (Phi) is 5.17. The molecule has 3 aromatic rings. The molecule has 0 unspecified atom stereocenters. The van der Waals surface area contributed by atoms with E-state index in [0.717, 1.165) is 16.3 Å². The molecule has 3 aromatic carbocycles. The third-order valence-electron chi connectivity index (χ3n) is 4.15. The van der Waals surface area contributed by atoms with Gasteiger partial charge in [0, 0.05) is 12.0 Å². The average Bonchev–Trinajstić information content (AvgIpc) is 2.66. The Bertz CT molecular complexity index is 951. The van der Waals surface area contributed by atoms with Gasteiger partial charge in [0.1, 0.15) is 11.8 Å². The monoisotopic (exact) mass is 349 g/mol. The van der Waals surface area contributed by atoms with Crippen molar-refractivity contribution in [2.45, 2.75) is 12.5 Å². The van der Waals surface area contributed by atoms with Crippen LogP contribution in [0, 0.1) is 0 Å². The van der Waals surface area contributed by atoms with E-state index in [1.165, 1.54) is 19.2 Å². The number of phenols is 1. The predicted octanol–water partition coefficient (Wildman–Crippen LogP) is 3.06. The van der Waals surface area contributed by atoms with Crippen LogP contribution in [0.2, 0.25) is 0 Å². The number of carbonyl (C=O) groups excluding carboxylic acids is 2. The lowest BCUT2D eigenvalue weighted by atomic mass is 10.0. The van der Waals surface area contributed by atoms with Crippen LogP contribution in [-0.4, -0.2) is 30.1 Å². The number of benzene rings is 3. The van der Waals surface area contributed by atoms with E-state index >= 15 is 0 Å². The van der Waals surface area contributed by atoms with Gasteiger partial charge in [-0.15, -0.1) is 0 Å². The number of hydrogen-bond acceptors (Lipinski definition) is 4. The van der Waals surface area contributed by atoms with Gasteiger partial charge in [0.05, 0.1) is 7.11 Å². The molecule has 3 rings (SSSR count). The number of phenolic OH excluding ortho intramolecular Hbond substituents is 1. The van der Waals surface area contributed by atoms with Crippen molar-refractivity contribution in [2.24, 2.45) is 0 Å². The van der Waals surface area contributed by atoms with Gasteiger partial charge >= 0.3 is 5.97 Å². The van der Waals surface area contributed by atoms with Crippen molar-refractivity contribution in [2.75, 3.05) is 7.11 Å². The van der Waals surface area contributed by atoms with E-state index in [1.807, 2.05) is 42.5 Å². The topological polar surface area (TPSA) is 75.6 Å². The molecule has 0 saturated heterocycles. The van der Waals surface area contributed by atoms with Gasteiger partial charge in [-0.25, -0.2) is 4.79 Å². The zero-order valence-electron chi connectivity index (χ0n) is 14.3. The van der Waals surface area contributed by atoms with Gasteiger partial charge in [-0.2, -0.15) is 0 Å². The molecule has 0 bridgehead atoms. The Hall–Kier alpha value is -3.34. The highest BCUT2D eigenvalue weighted by Gasteiger charge is 2.23. The maximum absolute atomic E-state index is 12.4. The van der Waals surface area contributed by atoms with Gasteiger partial charge in [0.25, 0.3) is 5.91 Å². The summed E-state index contributed by atoms with van der Waals surface area (Å²) in [7, 11) is 1.29. The molecule has 0 spiro atoms. The molecule has 5 heteroatoms. The van der Waals surface area contributed by atoms with Crippen molar-refractivity contribution in [1.82, 2.24) is 5.32 Å². The van der Waals surface area contributed by atoms with Gasteiger partial charge in [-0.1, -0.05) is 48.5 Å². The first-order valence-corrected chi connectivity index (χ1v) is 8.22. The summed E-state index contributed by atoms with van der Waals surface area (Å²) >= 11 is 0. The fraction of sp³-hybridized carbons (Fsp3) is 0.143. The SMILES string of the molecule is COC(=O)[C@@H](Cc1ccc2ccccc2c1)NC(=O)c1cccc(O)c1. The van der Waals surface area contributed by atoms with Crippen LogP contribution in [0.15, 0.2) is 66.7 Å². The molecular formula is C21H19NO4. The quantitative estimate of drug-likeness (QED) is 0.694. The second kappa shape index (κ2) is 7.70. The highest BCUT2D eigenvalue weighted by molar-refractivity contribution is 5.97.